The molecule has 0 aliphatic carbocycles. The number of nitrogens with zero attached hydrogens (tertiary/aromatic N) is 5. The van der Waals surface area contributed by atoms with E-state index in [1.165, 1.54) is 23.1 Å². The van der Waals surface area contributed by atoms with Crippen LogP contribution in [0.5, 0.6) is 0 Å². The normalized spacial score (nSPS) is 17.4. The highest BCUT2D eigenvalue weighted by molar-refractivity contribution is 5.90. The summed E-state index contributed by atoms with van der Waals surface area (Å²) in [6.45, 7) is 6.47. The lowest BCUT2D eigenvalue weighted by Gasteiger charge is -2.36. The fraction of sp³-hybridized carbons (Fsp3) is 0.476. The predicted octanol–water partition coefficient (Wildman–Crippen LogP) is 2.99. The molecule has 2 fully saturated rings. The number of hydrogen-bond acceptors (Lipinski definition) is 6. The molecule has 0 unspecified atom stereocenters. The Balaban J connectivity index is 1.39. The minimum absolute atomic E-state index is 0.242. The first-order valence-corrected chi connectivity index (χ1v) is 10.5. The van der Waals surface area contributed by atoms with E-state index in [4.69, 9.17) is 4.74 Å². The number of nitrogens with one attached hydrogen (secondary N) is 1. The van der Waals surface area contributed by atoms with Crippen molar-refractivity contribution in [2.75, 3.05) is 67.6 Å². The molecule has 0 spiro atoms. The lowest BCUT2D eigenvalue weighted by molar-refractivity contribution is -0.136. The third-order valence-electron chi connectivity index (χ3n) is 5.51. The van der Waals surface area contributed by atoms with Crippen LogP contribution in [0.1, 0.15) is 11.4 Å². The van der Waals surface area contributed by atoms with E-state index < -0.39 is 17.8 Å². The van der Waals surface area contributed by atoms with Crippen molar-refractivity contribution >= 4 is 23.4 Å². The zero-order valence-corrected chi connectivity index (χ0v) is 17.7. The Hall–Kier alpha value is -3.08. The van der Waals surface area contributed by atoms with Gasteiger partial charge in [0.25, 0.3) is 0 Å². The van der Waals surface area contributed by atoms with E-state index >= 15 is 0 Å². The Morgan fingerprint density at radius 1 is 0.969 bits per heavy atom. The summed E-state index contributed by atoms with van der Waals surface area (Å²) in [4.78, 5) is 27.4. The zero-order valence-electron chi connectivity index (χ0n) is 17.7. The molecule has 1 aromatic carbocycles. The van der Waals surface area contributed by atoms with Gasteiger partial charge in [-0.1, -0.05) is 12.1 Å². The van der Waals surface area contributed by atoms with Crippen LogP contribution >= 0.6 is 0 Å². The van der Waals surface area contributed by atoms with E-state index in [1.807, 2.05) is 13.0 Å². The van der Waals surface area contributed by atoms with Crippen molar-refractivity contribution in [3.8, 4) is 0 Å². The van der Waals surface area contributed by atoms with E-state index in [2.05, 4.69) is 25.1 Å². The van der Waals surface area contributed by atoms with Gasteiger partial charge >= 0.3 is 12.2 Å². The fourth-order valence-electron chi connectivity index (χ4n) is 3.83. The minimum Gasteiger partial charge on any atom is -0.378 e. The highest BCUT2D eigenvalue weighted by Crippen LogP contribution is 2.34. The van der Waals surface area contributed by atoms with Gasteiger partial charge in [-0.2, -0.15) is 13.2 Å². The molecule has 2 aliphatic rings. The van der Waals surface area contributed by atoms with E-state index in [0.717, 1.165) is 30.8 Å². The highest BCUT2D eigenvalue weighted by atomic mass is 19.4. The second-order valence-corrected chi connectivity index (χ2v) is 7.68. The van der Waals surface area contributed by atoms with Crippen LogP contribution in [0.2, 0.25) is 0 Å². The molecule has 4 rings (SSSR count). The molecule has 2 aliphatic heterocycles. The summed E-state index contributed by atoms with van der Waals surface area (Å²) in [5, 5.41) is 2.41. The number of anilines is 3. The van der Waals surface area contributed by atoms with Gasteiger partial charge in [0, 0.05) is 45.3 Å². The van der Waals surface area contributed by atoms with Gasteiger partial charge < -0.3 is 24.8 Å². The Morgan fingerprint density at radius 2 is 1.56 bits per heavy atom. The highest BCUT2D eigenvalue weighted by Gasteiger charge is 2.34. The Morgan fingerprint density at radius 3 is 2.19 bits per heavy atom. The van der Waals surface area contributed by atoms with Crippen LogP contribution in [0.4, 0.5) is 35.3 Å². The van der Waals surface area contributed by atoms with Crippen molar-refractivity contribution in [3.63, 3.8) is 0 Å². The first kappa shape index (κ1) is 22.1. The van der Waals surface area contributed by atoms with Gasteiger partial charge in [-0.05, 0) is 19.1 Å². The molecule has 2 aromatic rings. The largest absolute Gasteiger partial charge is 0.418 e. The predicted molar refractivity (Wildman–Crippen MR) is 114 cm³/mol. The standard InChI is InChI=1S/C21H25F3N6O2/c1-15-25-18(14-19(26-15)29-10-12-32-13-11-29)28-6-8-30(9-7-28)20(31)27-17-5-3-2-4-16(17)21(22,23)24/h2-5,14H,6-13H2,1H3,(H,27,31). The van der Waals surface area contributed by atoms with Crippen molar-refractivity contribution in [2.45, 2.75) is 13.1 Å². The number of alkyl halides is 3. The average Bonchev–Trinajstić information content (AvgIpc) is 2.79. The van der Waals surface area contributed by atoms with Crippen molar-refractivity contribution in [2.24, 2.45) is 0 Å². The SMILES string of the molecule is Cc1nc(N2CCOCC2)cc(N2CCN(C(=O)Nc3ccccc3C(F)(F)F)CC2)n1. The van der Waals surface area contributed by atoms with Gasteiger partial charge in [0.05, 0.1) is 24.5 Å². The number of halogens is 3. The average molecular weight is 450 g/mol. The van der Waals surface area contributed by atoms with Crippen molar-refractivity contribution in [1.29, 1.82) is 0 Å². The van der Waals surface area contributed by atoms with Crippen molar-refractivity contribution in [3.05, 3.63) is 41.7 Å². The number of carbonyl (C=O) groups excluding carboxylic acids is 1. The van der Waals surface area contributed by atoms with Crippen LogP contribution in [0, 0.1) is 6.92 Å². The summed E-state index contributed by atoms with van der Waals surface area (Å²) >= 11 is 0. The number of amides is 2. The van der Waals surface area contributed by atoms with Crippen molar-refractivity contribution in [1.82, 2.24) is 14.9 Å². The van der Waals surface area contributed by atoms with Crippen LogP contribution < -0.4 is 15.1 Å². The number of piperazine rings is 1. The molecule has 32 heavy (non-hydrogen) atoms. The minimum atomic E-state index is -4.54. The summed E-state index contributed by atoms with van der Waals surface area (Å²) in [7, 11) is 0. The summed E-state index contributed by atoms with van der Waals surface area (Å²) < 4.78 is 45.0. The number of carbonyl (C=O) groups is 1. The first-order valence-electron chi connectivity index (χ1n) is 10.5. The van der Waals surface area contributed by atoms with E-state index in [9.17, 15) is 18.0 Å². The van der Waals surface area contributed by atoms with Gasteiger partial charge in [-0.25, -0.2) is 14.8 Å². The summed E-state index contributed by atoms with van der Waals surface area (Å²) in [6, 6.07) is 6.37. The summed E-state index contributed by atoms with van der Waals surface area (Å²) in [5.74, 6) is 2.29. The van der Waals surface area contributed by atoms with Crippen LogP contribution in [-0.2, 0) is 10.9 Å². The second kappa shape index (κ2) is 9.19. The van der Waals surface area contributed by atoms with Crippen molar-refractivity contribution < 1.29 is 22.7 Å². The molecule has 1 aromatic heterocycles. The molecular weight excluding hydrogens is 425 g/mol. The lowest BCUT2D eigenvalue weighted by Crippen LogP contribution is -2.50. The quantitative estimate of drug-likeness (QED) is 0.775. The number of aryl methyl sites for hydroxylation is 1. The number of aromatic nitrogens is 2. The van der Waals surface area contributed by atoms with Crippen LogP contribution in [0.25, 0.3) is 0 Å². The maximum absolute atomic E-state index is 13.2. The van der Waals surface area contributed by atoms with Crippen LogP contribution in [0.15, 0.2) is 30.3 Å². The van der Waals surface area contributed by atoms with Gasteiger partial charge in [-0.15, -0.1) is 0 Å². The topological polar surface area (TPSA) is 73.8 Å². The molecule has 1 N–H and O–H groups in total. The number of ether oxygens (including phenoxy) is 1. The monoisotopic (exact) mass is 450 g/mol. The smallest absolute Gasteiger partial charge is 0.378 e. The van der Waals surface area contributed by atoms with Gasteiger partial charge in [-0.3, -0.25) is 0 Å². The Bertz CT molecular complexity index is 957. The zero-order chi connectivity index (χ0) is 22.7. The molecule has 0 radical (unpaired) electrons. The molecule has 2 amide bonds. The fourth-order valence-corrected chi connectivity index (χ4v) is 3.83. The number of morpholine rings is 1. The van der Waals surface area contributed by atoms with Gasteiger partial charge in [0.1, 0.15) is 17.5 Å². The number of urea groups is 1. The lowest BCUT2D eigenvalue weighted by atomic mass is 10.1. The summed E-state index contributed by atoms with van der Waals surface area (Å²) in [6.07, 6.45) is -4.54. The summed E-state index contributed by atoms with van der Waals surface area (Å²) in [5.41, 5.74) is -1.10. The van der Waals surface area contributed by atoms with E-state index in [1.54, 1.807) is 0 Å². The maximum Gasteiger partial charge on any atom is 0.418 e. The number of rotatable bonds is 3. The number of para-hydroxylation sites is 1. The molecular formula is C21H25F3N6O2. The molecule has 3 heterocycles. The van der Waals surface area contributed by atoms with Crippen LogP contribution in [0.3, 0.4) is 0 Å². The third-order valence-corrected chi connectivity index (χ3v) is 5.51. The van der Waals surface area contributed by atoms with Gasteiger partial charge in [0.15, 0.2) is 0 Å². The van der Waals surface area contributed by atoms with E-state index in [0.29, 0.717) is 45.2 Å². The molecule has 0 atom stereocenters. The Kier molecular flexibility index (Phi) is 6.35. The number of benzene rings is 1. The molecule has 2 saturated heterocycles. The molecule has 172 valence electrons. The Labute approximate surface area is 184 Å². The molecule has 0 saturated carbocycles. The second-order valence-electron chi connectivity index (χ2n) is 7.68. The molecule has 8 nitrogen and oxygen atoms in total. The molecule has 11 heteroatoms. The van der Waals surface area contributed by atoms with Gasteiger partial charge in [0.2, 0.25) is 0 Å². The molecule has 0 bridgehead atoms. The van der Waals surface area contributed by atoms with E-state index in [-0.39, 0.29) is 5.69 Å². The van der Waals surface area contributed by atoms with Crippen LogP contribution in [-0.4, -0.2) is 73.4 Å². The maximum atomic E-state index is 13.2. The number of hydrogen-bond donors (Lipinski definition) is 1. The third kappa shape index (κ3) is 5.04. The first-order chi connectivity index (χ1) is 15.3.